The number of nitrogens with zero attached hydrogens (tertiary/aromatic N) is 2. The molecular formula is C10H19N3. The van der Waals surface area contributed by atoms with Crippen molar-refractivity contribution in [2.75, 3.05) is 7.05 Å². The highest BCUT2D eigenvalue weighted by atomic mass is 15.3. The van der Waals surface area contributed by atoms with Crippen LogP contribution in [0, 0.1) is 5.92 Å². The van der Waals surface area contributed by atoms with E-state index < -0.39 is 0 Å². The largest absolute Gasteiger partial charge is 0.316 e. The molecule has 74 valence electrons. The average Bonchev–Trinajstić information content (AvgIpc) is 2.53. The van der Waals surface area contributed by atoms with E-state index in [2.05, 4.69) is 30.5 Å². The molecule has 0 bridgehead atoms. The van der Waals surface area contributed by atoms with Crippen LogP contribution in [0.2, 0.25) is 0 Å². The van der Waals surface area contributed by atoms with Crippen LogP contribution in [-0.4, -0.2) is 16.8 Å². The molecule has 0 aliphatic rings. The summed E-state index contributed by atoms with van der Waals surface area (Å²) in [7, 11) is 1.95. The van der Waals surface area contributed by atoms with Crippen molar-refractivity contribution in [1.82, 2.24) is 15.1 Å². The van der Waals surface area contributed by atoms with E-state index in [1.807, 2.05) is 17.9 Å². The van der Waals surface area contributed by atoms with Crippen LogP contribution in [0.25, 0.3) is 0 Å². The lowest BCUT2D eigenvalue weighted by atomic mass is 10.1. The molecule has 1 atom stereocenters. The smallest absolute Gasteiger partial charge is 0.0534 e. The van der Waals surface area contributed by atoms with Crippen molar-refractivity contribution in [3.8, 4) is 0 Å². The molecular weight excluding hydrogens is 162 g/mol. The molecule has 0 saturated heterocycles. The maximum atomic E-state index is 4.30. The van der Waals surface area contributed by atoms with E-state index in [1.54, 1.807) is 0 Å². The highest BCUT2D eigenvalue weighted by Crippen LogP contribution is 2.05. The van der Waals surface area contributed by atoms with Gasteiger partial charge in [-0.3, -0.25) is 4.68 Å². The van der Waals surface area contributed by atoms with E-state index in [0.29, 0.717) is 5.92 Å². The lowest BCUT2D eigenvalue weighted by Crippen LogP contribution is -2.07. The third-order valence-corrected chi connectivity index (χ3v) is 2.26. The Labute approximate surface area is 80.1 Å². The Bertz CT molecular complexity index is 242. The molecule has 0 aliphatic heterocycles. The van der Waals surface area contributed by atoms with Gasteiger partial charge in [0.25, 0.3) is 0 Å². The van der Waals surface area contributed by atoms with Gasteiger partial charge in [-0.25, -0.2) is 0 Å². The first kappa shape index (κ1) is 10.3. The molecule has 1 rings (SSSR count). The van der Waals surface area contributed by atoms with Crippen LogP contribution < -0.4 is 5.32 Å². The monoisotopic (exact) mass is 181 g/mol. The fourth-order valence-electron chi connectivity index (χ4n) is 1.25. The average molecular weight is 181 g/mol. The number of hydrogen-bond acceptors (Lipinski definition) is 2. The molecule has 1 N–H and O–H groups in total. The summed E-state index contributed by atoms with van der Waals surface area (Å²) in [6.45, 7) is 6.39. The summed E-state index contributed by atoms with van der Waals surface area (Å²) in [6.07, 6.45) is 5.25. The lowest BCUT2D eigenvalue weighted by molar-refractivity contribution is 0.439. The zero-order chi connectivity index (χ0) is 9.68. The molecule has 3 nitrogen and oxygen atoms in total. The lowest BCUT2D eigenvalue weighted by Gasteiger charge is -2.07. The Morgan fingerprint density at radius 1 is 1.62 bits per heavy atom. The first-order valence-corrected chi connectivity index (χ1v) is 4.92. The van der Waals surface area contributed by atoms with E-state index in [9.17, 15) is 0 Å². The van der Waals surface area contributed by atoms with E-state index >= 15 is 0 Å². The second-order valence-corrected chi connectivity index (χ2v) is 3.61. The van der Waals surface area contributed by atoms with Crippen molar-refractivity contribution < 1.29 is 0 Å². The molecule has 0 radical (unpaired) electrons. The summed E-state index contributed by atoms with van der Waals surface area (Å²) in [5, 5.41) is 7.41. The Kier molecular flexibility index (Phi) is 3.96. The fraction of sp³-hybridized carbons (Fsp3) is 0.700. The second kappa shape index (κ2) is 5.02. The van der Waals surface area contributed by atoms with Gasteiger partial charge in [-0.15, -0.1) is 0 Å². The number of aromatic nitrogens is 2. The number of hydrogen-bond donors (Lipinski definition) is 1. The molecule has 1 aromatic heterocycles. The number of rotatable bonds is 5. The van der Waals surface area contributed by atoms with Crippen LogP contribution in [0.4, 0.5) is 0 Å². The molecule has 1 unspecified atom stereocenters. The Balaban J connectivity index is 2.48. The van der Waals surface area contributed by atoms with Gasteiger partial charge < -0.3 is 5.32 Å². The van der Waals surface area contributed by atoms with Gasteiger partial charge in [0.05, 0.1) is 6.20 Å². The maximum absolute atomic E-state index is 4.30. The molecule has 1 aromatic rings. The van der Waals surface area contributed by atoms with Crippen molar-refractivity contribution >= 4 is 0 Å². The fourth-order valence-corrected chi connectivity index (χ4v) is 1.25. The van der Waals surface area contributed by atoms with Gasteiger partial charge in [-0.05, 0) is 13.0 Å². The van der Waals surface area contributed by atoms with Gasteiger partial charge in [0, 0.05) is 24.8 Å². The van der Waals surface area contributed by atoms with Crippen LogP contribution in [0.3, 0.4) is 0 Å². The van der Waals surface area contributed by atoms with Gasteiger partial charge in [0.1, 0.15) is 0 Å². The topological polar surface area (TPSA) is 29.9 Å². The number of nitrogens with one attached hydrogen (secondary N) is 1. The molecule has 0 spiro atoms. The van der Waals surface area contributed by atoms with E-state index in [-0.39, 0.29) is 0 Å². The van der Waals surface area contributed by atoms with Crippen LogP contribution >= 0.6 is 0 Å². The predicted octanol–water partition coefficient (Wildman–Crippen LogP) is 1.65. The minimum Gasteiger partial charge on any atom is -0.316 e. The van der Waals surface area contributed by atoms with Gasteiger partial charge in [-0.1, -0.05) is 20.3 Å². The molecule has 0 saturated carbocycles. The van der Waals surface area contributed by atoms with Crippen molar-refractivity contribution in [1.29, 1.82) is 0 Å². The Morgan fingerprint density at radius 2 is 2.38 bits per heavy atom. The predicted molar refractivity (Wildman–Crippen MR) is 54.4 cm³/mol. The van der Waals surface area contributed by atoms with Crippen LogP contribution in [-0.2, 0) is 13.1 Å². The molecule has 3 heteroatoms. The highest BCUT2D eigenvalue weighted by molar-refractivity contribution is 5.02. The standard InChI is InChI=1S/C10H19N3/c1-4-9(2)7-13-8-10(5-11-3)6-12-13/h6,8-9,11H,4-5,7H2,1-3H3. The molecule has 0 aliphatic carbocycles. The summed E-state index contributed by atoms with van der Waals surface area (Å²) in [6, 6.07) is 0. The SMILES string of the molecule is CCC(C)Cn1cc(CNC)cn1. The minimum atomic E-state index is 0.710. The molecule has 13 heavy (non-hydrogen) atoms. The Morgan fingerprint density at radius 3 is 3.00 bits per heavy atom. The summed E-state index contributed by atoms with van der Waals surface area (Å²) in [4.78, 5) is 0. The van der Waals surface area contributed by atoms with Crippen molar-refractivity contribution in [3.63, 3.8) is 0 Å². The van der Waals surface area contributed by atoms with Crippen molar-refractivity contribution in [2.45, 2.75) is 33.4 Å². The van der Waals surface area contributed by atoms with Gasteiger partial charge in [0.2, 0.25) is 0 Å². The minimum absolute atomic E-state index is 0.710. The summed E-state index contributed by atoms with van der Waals surface area (Å²) < 4.78 is 2.03. The quantitative estimate of drug-likeness (QED) is 0.748. The summed E-state index contributed by atoms with van der Waals surface area (Å²) in [5.41, 5.74) is 1.26. The van der Waals surface area contributed by atoms with E-state index in [4.69, 9.17) is 0 Å². The molecule has 0 amide bonds. The van der Waals surface area contributed by atoms with Crippen LogP contribution in [0.5, 0.6) is 0 Å². The first-order chi connectivity index (χ1) is 6.26. The third-order valence-electron chi connectivity index (χ3n) is 2.26. The normalized spacial score (nSPS) is 13.2. The van der Waals surface area contributed by atoms with Crippen molar-refractivity contribution in [2.24, 2.45) is 5.92 Å². The van der Waals surface area contributed by atoms with Crippen LogP contribution in [0.1, 0.15) is 25.8 Å². The van der Waals surface area contributed by atoms with E-state index in [1.165, 1.54) is 12.0 Å². The molecule has 1 heterocycles. The zero-order valence-corrected chi connectivity index (χ0v) is 8.75. The van der Waals surface area contributed by atoms with Gasteiger partial charge in [0.15, 0.2) is 0 Å². The van der Waals surface area contributed by atoms with Crippen LogP contribution in [0.15, 0.2) is 12.4 Å². The van der Waals surface area contributed by atoms with Gasteiger partial charge >= 0.3 is 0 Å². The highest BCUT2D eigenvalue weighted by Gasteiger charge is 2.01. The maximum Gasteiger partial charge on any atom is 0.0534 e. The molecule has 0 fully saturated rings. The first-order valence-electron chi connectivity index (χ1n) is 4.92. The zero-order valence-electron chi connectivity index (χ0n) is 8.75. The summed E-state index contributed by atoms with van der Waals surface area (Å²) >= 11 is 0. The van der Waals surface area contributed by atoms with E-state index in [0.717, 1.165) is 13.1 Å². The Hall–Kier alpha value is -0.830. The van der Waals surface area contributed by atoms with Gasteiger partial charge in [-0.2, -0.15) is 5.10 Å². The third kappa shape index (κ3) is 3.19. The molecule has 0 aromatic carbocycles. The van der Waals surface area contributed by atoms with Crippen molar-refractivity contribution in [3.05, 3.63) is 18.0 Å². The summed E-state index contributed by atoms with van der Waals surface area (Å²) in [5.74, 6) is 0.710. The second-order valence-electron chi connectivity index (χ2n) is 3.61.